The third-order valence-corrected chi connectivity index (χ3v) is 11.2. The highest BCUT2D eigenvalue weighted by Gasteiger charge is 2.55. The quantitative estimate of drug-likeness (QED) is 0.109. The van der Waals surface area contributed by atoms with Gasteiger partial charge in [-0.25, -0.2) is 14.6 Å². The zero-order valence-corrected chi connectivity index (χ0v) is 36.3. The molecule has 0 bridgehead atoms. The van der Waals surface area contributed by atoms with Crippen molar-refractivity contribution in [3.63, 3.8) is 0 Å². The number of aromatic nitrogens is 3. The number of rotatable bonds is 15. The molecule has 336 valence electrons. The molecule has 0 saturated carbocycles. The van der Waals surface area contributed by atoms with Gasteiger partial charge in [0.1, 0.15) is 18.1 Å². The summed E-state index contributed by atoms with van der Waals surface area (Å²) < 4.78 is 53.0. The van der Waals surface area contributed by atoms with Crippen LogP contribution in [-0.4, -0.2) is 133 Å². The maximum Gasteiger partial charge on any atom is 0.339 e. The number of hydrogen-bond acceptors (Lipinski definition) is 18. The van der Waals surface area contributed by atoms with Crippen molar-refractivity contribution in [2.75, 3.05) is 63.8 Å². The molecule has 5 heterocycles. The standard InChI is InChI=1S/C42H48N6O14S/c1-23(49)58-34-35(59-24(2)50)37(60-25(3)51)39(61-36(34)38(52)54-6)57-22-42(4,5)32-20-33(46-62-32)45-40(53)43-27-9-7-26(8-10-27)29-21-48-30-12-11-28(19-31(30)63-41(48)44-29)56-18-15-47-13-16-55-17-14-47/h7-12,19-21,34-37,39H,13-18,22H2,1-6H3,(H2,43,45,46,53)/t34-,35-,36?,37?,39+/m0/s1. The molecular weight excluding hydrogens is 845 g/mol. The van der Waals surface area contributed by atoms with E-state index in [0.29, 0.717) is 12.3 Å². The minimum Gasteiger partial charge on any atom is -0.492 e. The van der Waals surface area contributed by atoms with Gasteiger partial charge in [-0.1, -0.05) is 42.5 Å². The SMILES string of the molecule is COC(=O)C1O[C@@H](OCC(C)(C)c2cc(NC(=O)Nc3ccc(-c4cn5c(n4)sc4cc(OCCN6CCOCC6)ccc45)cc3)no2)C(OC(C)=O)[C@@H](OC(C)=O)[C@@H]1OC(C)=O. The first-order valence-corrected chi connectivity index (χ1v) is 20.9. The Bertz CT molecular complexity index is 2440. The summed E-state index contributed by atoms with van der Waals surface area (Å²) in [7, 11) is 1.09. The maximum absolute atomic E-state index is 13.0. The van der Waals surface area contributed by atoms with Crippen LogP contribution in [0.2, 0.25) is 0 Å². The molecule has 7 rings (SSSR count). The molecule has 2 unspecified atom stereocenters. The Balaban J connectivity index is 0.947. The van der Waals surface area contributed by atoms with E-state index in [0.717, 1.165) is 92.9 Å². The van der Waals surface area contributed by atoms with Gasteiger partial charge >= 0.3 is 29.9 Å². The zero-order valence-electron chi connectivity index (χ0n) is 35.4. The van der Waals surface area contributed by atoms with Gasteiger partial charge in [0.2, 0.25) is 0 Å². The number of carbonyl (C=O) groups excluding carboxylic acids is 5. The van der Waals surface area contributed by atoms with Crippen molar-refractivity contribution in [2.24, 2.45) is 0 Å². The molecular formula is C42H48N6O14S. The van der Waals surface area contributed by atoms with Gasteiger partial charge in [0, 0.05) is 69.3 Å². The lowest BCUT2D eigenvalue weighted by Gasteiger charge is -2.43. The number of thiazole rings is 1. The fraction of sp³-hybridized carbons (Fsp3) is 0.452. The van der Waals surface area contributed by atoms with Crippen LogP contribution in [0.4, 0.5) is 16.3 Å². The minimum atomic E-state index is -1.62. The molecule has 2 aliphatic heterocycles. The summed E-state index contributed by atoms with van der Waals surface area (Å²) in [6.07, 6.45) is -5.66. The number of morpholine rings is 1. The number of hydrogen-bond donors (Lipinski definition) is 2. The molecule has 0 aliphatic carbocycles. The number of fused-ring (bicyclic) bond motifs is 3. The monoisotopic (exact) mass is 892 g/mol. The van der Waals surface area contributed by atoms with Crippen LogP contribution in [0.25, 0.3) is 26.4 Å². The number of imidazole rings is 1. The third-order valence-electron chi connectivity index (χ3n) is 10.1. The van der Waals surface area contributed by atoms with Crippen LogP contribution in [0, 0.1) is 0 Å². The van der Waals surface area contributed by atoms with Crippen LogP contribution in [-0.2, 0) is 57.8 Å². The van der Waals surface area contributed by atoms with E-state index < -0.39 is 66.0 Å². The Morgan fingerprint density at radius 2 is 1.59 bits per heavy atom. The van der Waals surface area contributed by atoms with Gasteiger partial charge in [-0.2, -0.15) is 0 Å². The molecule has 2 N–H and O–H groups in total. The topological polar surface area (TPSA) is 230 Å². The van der Waals surface area contributed by atoms with Crippen molar-refractivity contribution in [2.45, 2.75) is 70.7 Å². The number of anilines is 2. The van der Waals surface area contributed by atoms with Gasteiger partial charge in [-0.05, 0) is 30.3 Å². The fourth-order valence-electron chi connectivity index (χ4n) is 7.06. The summed E-state index contributed by atoms with van der Waals surface area (Å²) in [5.74, 6) is -2.20. The van der Waals surface area contributed by atoms with Crippen LogP contribution < -0.4 is 15.4 Å². The fourth-order valence-corrected chi connectivity index (χ4v) is 8.10. The molecule has 21 heteroatoms. The first-order valence-electron chi connectivity index (χ1n) is 20.0. The number of esters is 4. The van der Waals surface area contributed by atoms with Crippen molar-refractivity contribution in [3.05, 3.63) is 60.5 Å². The van der Waals surface area contributed by atoms with Crippen molar-refractivity contribution < 1.29 is 66.4 Å². The summed E-state index contributed by atoms with van der Waals surface area (Å²) in [5, 5.41) is 9.40. The molecule has 2 aromatic carbocycles. The second-order valence-electron chi connectivity index (χ2n) is 15.4. The lowest BCUT2D eigenvalue weighted by molar-refractivity contribution is -0.303. The number of carbonyl (C=O) groups is 5. The smallest absolute Gasteiger partial charge is 0.339 e. The summed E-state index contributed by atoms with van der Waals surface area (Å²) in [4.78, 5) is 70.1. The van der Waals surface area contributed by atoms with Crippen molar-refractivity contribution in [3.8, 4) is 17.0 Å². The van der Waals surface area contributed by atoms with Gasteiger partial charge in [0.15, 0.2) is 41.5 Å². The van der Waals surface area contributed by atoms with E-state index in [2.05, 4.69) is 25.1 Å². The van der Waals surface area contributed by atoms with Gasteiger partial charge in [-0.15, -0.1) is 0 Å². The highest BCUT2D eigenvalue weighted by atomic mass is 32.1. The van der Waals surface area contributed by atoms with Gasteiger partial charge in [0.05, 0.1) is 42.8 Å². The first-order chi connectivity index (χ1) is 30.2. The highest BCUT2D eigenvalue weighted by Crippen LogP contribution is 2.34. The molecule has 0 radical (unpaired) electrons. The van der Waals surface area contributed by atoms with E-state index >= 15 is 0 Å². The number of amides is 2. The van der Waals surface area contributed by atoms with E-state index in [1.54, 1.807) is 37.3 Å². The summed E-state index contributed by atoms with van der Waals surface area (Å²) in [6, 6.07) is 14.2. The second-order valence-corrected chi connectivity index (χ2v) is 16.4. The van der Waals surface area contributed by atoms with Gasteiger partial charge in [0.25, 0.3) is 0 Å². The Morgan fingerprint density at radius 3 is 2.29 bits per heavy atom. The van der Waals surface area contributed by atoms with Crippen LogP contribution in [0.1, 0.15) is 40.4 Å². The molecule has 2 aliphatic rings. The number of ether oxygens (including phenoxy) is 8. The van der Waals surface area contributed by atoms with E-state index in [1.165, 1.54) is 6.07 Å². The highest BCUT2D eigenvalue weighted by molar-refractivity contribution is 7.23. The van der Waals surface area contributed by atoms with Crippen molar-refractivity contribution in [1.82, 2.24) is 19.4 Å². The van der Waals surface area contributed by atoms with E-state index in [1.807, 2.05) is 36.5 Å². The molecule has 2 saturated heterocycles. The summed E-state index contributed by atoms with van der Waals surface area (Å²) in [5.41, 5.74) is 2.22. The van der Waals surface area contributed by atoms with Crippen LogP contribution in [0.3, 0.4) is 0 Å². The summed E-state index contributed by atoms with van der Waals surface area (Å²) in [6.45, 7) is 11.4. The first kappa shape index (κ1) is 44.9. The normalized spacial score (nSPS) is 20.5. The molecule has 3 aromatic heterocycles. The van der Waals surface area contributed by atoms with E-state index in [-0.39, 0.29) is 18.2 Å². The average Bonchev–Trinajstić information content (AvgIpc) is 3.97. The molecule has 5 atom stereocenters. The van der Waals surface area contributed by atoms with Gasteiger partial charge in [-0.3, -0.25) is 29.0 Å². The Hall–Kier alpha value is -6.13. The number of methoxy groups -OCH3 is 1. The third kappa shape index (κ3) is 10.9. The number of benzene rings is 2. The lowest BCUT2D eigenvalue weighted by atomic mass is 9.91. The number of nitrogens with zero attached hydrogens (tertiary/aromatic N) is 4. The molecule has 2 fully saturated rings. The minimum absolute atomic E-state index is 0.0979. The van der Waals surface area contributed by atoms with Crippen LogP contribution >= 0.6 is 11.3 Å². The maximum atomic E-state index is 13.0. The Morgan fingerprint density at radius 1 is 0.889 bits per heavy atom. The summed E-state index contributed by atoms with van der Waals surface area (Å²) >= 11 is 1.58. The Kier molecular flexibility index (Phi) is 13.9. The molecule has 20 nitrogen and oxygen atoms in total. The van der Waals surface area contributed by atoms with Crippen LogP contribution in [0.5, 0.6) is 5.75 Å². The largest absolute Gasteiger partial charge is 0.492 e. The van der Waals surface area contributed by atoms with Crippen molar-refractivity contribution in [1.29, 1.82) is 0 Å². The Labute approximate surface area is 364 Å². The number of nitrogens with one attached hydrogen (secondary N) is 2. The van der Waals surface area contributed by atoms with E-state index in [4.69, 9.17) is 47.4 Å². The lowest BCUT2D eigenvalue weighted by Crippen LogP contribution is -2.64. The predicted molar refractivity (Wildman–Crippen MR) is 224 cm³/mol. The molecule has 63 heavy (non-hydrogen) atoms. The van der Waals surface area contributed by atoms with Crippen LogP contribution in [0.15, 0.2) is 59.3 Å². The van der Waals surface area contributed by atoms with Crippen molar-refractivity contribution >= 4 is 67.9 Å². The molecule has 0 spiro atoms. The molecule has 2 amide bonds. The second kappa shape index (κ2) is 19.5. The molecule has 5 aromatic rings. The van der Waals surface area contributed by atoms with E-state index in [9.17, 15) is 24.0 Å². The number of urea groups is 1. The average molecular weight is 893 g/mol. The van der Waals surface area contributed by atoms with Gasteiger partial charge < -0.3 is 47.7 Å². The zero-order chi connectivity index (χ0) is 44.8. The predicted octanol–water partition coefficient (Wildman–Crippen LogP) is 4.55.